The van der Waals surface area contributed by atoms with E-state index in [-0.39, 0.29) is 30.8 Å². The molecule has 3 N–H and O–H groups in total. The normalized spacial score (nSPS) is 19.2. The van der Waals surface area contributed by atoms with Gasteiger partial charge in [0.25, 0.3) is 11.8 Å². The van der Waals surface area contributed by atoms with Crippen LogP contribution in [-0.4, -0.2) is 73.5 Å². The smallest absolute Gasteiger partial charge is 0.255 e. The Kier molecular flexibility index (Phi) is 5.17. The Morgan fingerprint density at radius 3 is 2.77 bits per heavy atom. The molecule has 1 saturated heterocycles. The lowest BCUT2D eigenvalue weighted by molar-refractivity contribution is -0.0794. The largest absolute Gasteiger partial charge is 0.351 e. The van der Waals surface area contributed by atoms with Crippen molar-refractivity contribution >= 4 is 28.4 Å². The van der Waals surface area contributed by atoms with Crippen molar-refractivity contribution in [1.29, 1.82) is 0 Å². The zero-order valence-electron chi connectivity index (χ0n) is 19.3. The molecule has 182 valence electrons. The summed E-state index contributed by atoms with van der Waals surface area (Å²) in [6, 6.07) is 3.70. The van der Waals surface area contributed by atoms with Gasteiger partial charge in [0.1, 0.15) is 5.65 Å². The summed E-state index contributed by atoms with van der Waals surface area (Å²) in [5.74, 6) is -2.40. The third-order valence-corrected chi connectivity index (χ3v) is 6.99. The molecule has 4 aromatic rings. The minimum Gasteiger partial charge on any atom is -0.351 e. The van der Waals surface area contributed by atoms with Crippen LogP contribution in [0.15, 0.2) is 36.9 Å². The Bertz CT molecular complexity index is 1400. The quantitative estimate of drug-likeness (QED) is 0.405. The van der Waals surface area contributed by atoms with Crippen molar-refractivity contribution in [3.8, 4) is 11.1 Å². The topological polar surface area (TPSA) is 103 Å². The third-order valence-electron chi connectivity index (χ3n) is 6.99. The van der Waals surface area contributed by atoms with Gasteiger partial charge in [-0.2, -0.15) is 10.1 Å². The molecule has 6 rings (SSSR count). The highest BCUT2D eigenvalue weighted by atomic mass is 19.3. The molecule has 4 aromatic heterocycles. The highest BCUT2D eigenvalue weighted by molar-refractivity contribution is 6.02. The number of pyridine rings is 1. The van der Waals surface area contributed by atoms with Crippen molar-refractivity contribution in [3.05, 3.63) is 42.5 Å². The van der Waals surface area contributed by atoms with Gasteiger partial charge in [0, 0.05) is 54.5 Å². The summed E-state index contributed by atoms with van der Waals surface area (Å²) in [5, 5.41) is 11.3. The van der Waals surface area contributed by atoms with Gasteiger partial charge in [-0.15, -0.1) is 0 Å². The Morgan fingerprint density at radius 1 is 1.20 bits per heavy atom. The number of aromatic nitrogens is 5. The van der Waals surface area contributed by atoms with Crippen molar-refractivity contribution in [2.45, 2.75) is 43.7 Å². The maximum Gasteiger partial charge on any atom is 0.255 e. The van der Waals surface area contributed by atoms with Gasteiger partial charge in [-0.25, -0.2) is 18.3 Å². The van der Waals surface area contributed by atoms with E-state index in [1.807, 2.05) is 24.5 Å². The summed E-state index contributed by atoms with van der Waals surface area (Å²) >= 11 is 0. The van der Waals surface area contributed by atoms with Gasteiger partial charge in [-0.3, -0.25) is 4.79 Å². The van der Waals surface area contributed by atoms with E-state index in [2.05, 4.69) is 42.6 Å². The number of hydrogen-bond donors (Lipinski definition) is 3. The predicted molar refractivity (Wildman–Crippen MR) is 128 cm³/mol. The molecule has 2 fully saturated rings. The average molecular weight is 481 g/mol. The number of hydrogen-bond acceptors (Lipinski definition) is 6. The average Bonchev–Trinajstić information content (AvgIpc) is 3.43. The summed E-state index contributed by atoms with van der Waals surface area (Å²) in [4.78, 5) is 27.2. The van der Waals surface area contributed by atoms with Crippen LogP contribution in [0, 0.1) is 0 Å². The van der Waals surface area contributed by atoms with E-state index in [1.54, 1.807) is 16.9 Å². The fraction of sp³-hybridized carbons (Fsp3) is 0.417. The number of fused-ring (bicyclic) bond motifs is 2. The summed E-state index contributed by atoms with van der Waals surface area (Å²) in [6.45, 7) is 1.94. The van der Waals surface area contributed by atoms with Crippen LogP contribution in [0.4, 0.5) is 14.7 Å². The molecule has 0 unspecified atom stereocenters. The fourth-order valence-corrected chi connectivity index (χ4v) is 4.90. The number of nitrogens with zero attached hydrogens (tertiary/aromatic N) is 5. The number of carbonyl (C=O) groups is 1. The van der Waals surface area contributed by atoms with E-state index in [1.165, 1.54) is 0 Å². The lowest BCUT2D eigenvalue weighted by Gasteiger charge is -2.35. The van der Waals surface area contributed by atoms with Crippen LogP contribution >= 0.6 is 0 Å². The fourth-order valence-electron chi connectivity index (χ4n) is 4.90. The molecule has 11 heteroatoms. The molecular formula is C24H26F2N8O. The first-order valence-electron chi connectivity index (χ1n) is 11.8. The Balaban J connectivity index is 1.24. The van der Waals surface area contributed by atoms with Crippen LogP contribution in [0.1, 0.15) is 36.0 Å². The number of alkyl halides is 2. The second-order valence-electron chi connectivity index (χ2n) is 9.62. The van der Waals surface area contributed by atoms with Crippen LogP contribution in [-0.2, 0) is 0 Å². The molecule has 0 atom stereocenters. The van der Waals surface area contributed by atoms with Crippen LogP contribution in [0.3, 0.4) is 0 Å². The number of halogens is 2. The first-order chi connectivity index (χ1) is 16.8. The van der Waals surface area contributed by atoms with Crippen LogP contribution in [0.5, 0.6) is 0 Å². The first kappa shape index (κ1) is 21.9. The molecule has 9 nitrogen and oxygen atoms in total. The number of likely N-dealkylation sites (tertiary alicyclic amines) is 1. The molecule has 1 aliphatic carbocycles. The van der Waals surface area contributed by atoms with Gasteiger partial charge in [-0.05, 0) is 50.7 Å². The molecule has 1 saturated carbocycles. The van der Waals surface area contributed by atoms with E-state index >= 15 is 0 Å². The van der Waals surface area contributed by atoms with Gasteiger partial charge in [0.05, 0.1) is 17.3 Å². The molecule has 0 bridgehead atoms. The standard InChI is InChI=1S/C24H26F2N8O/c1-33-5-3-15(4-6-33)30-22(35)19-13-29-34-7-2-14(8-20(19)34)17-11-27-21-18(17)12-28-23(32-21)31-16-9-24(25,26)10-16/h2,7-8,11-13,15-16H,3-6,9-10H2,1H3,(H,30,35)(H2,27,28,31,32). The second-order valence-corrected chi connectivity index (χ2v) is 9.62. The van der Waals surface area contributed by atoms with E-state index in [0.717, 1.165) is 42.4 Å². The number of anilines is 1. The minimum atomic E-state index is -2.60. The molecule has 1 amide bonds. The first-order valence-corrected chi connectivity index (χ1v) is 11.8. The Hall–Kier alpha value is -3.60. The van der Waals surface area contributed by atoms with E-state index in [0.29, 0.717) is 22.7 Å². The molecule has 35 heavy (non-hydrogen) atoms. The molecule has 0 aromatic carbocycles. The molecule has 2 aliphatic rings. The van der Waals surface area contributed by atoms with Crippen molar-refractivity contribution < 1.29 is 13.6 Å². The number of amides is 1. The summed E-state index contributed by atoms with van der Waals surface area (Å²) in [7, 11) is 2.09. The Labute approximate surface area is 199 Å². The van der Waals surface area contributed by atoms with Crippen LogP contribution in [0.2, 0.25) is 0 Å². The third kappa shape index (κ3) is 4.20. The molecule has 1 aliphatic heterocycles. The van der Waals surface area contributed by atoms with Gasteiger partial charge in [0.2, 0.25) is 5.95 Å². The van der Waals surface area contributed by atoms with E-state index in [9.17, 15) is 13.6 Å². The highest BCUT2D eigenvalue weighted by Gasteiger charge is 2.45. The van der Waals surface area contributed by atoms with Gasteiger partial charge < -0.3 is 20.5 Å². The van der Waals surface area contributed by atoms with Crippen molar-refractivity contribution in [2.75, 3.05) is 25.5 Å². The van der Waals surface area contributed by atoms with Crippen LogP contribution < -0.4 is 10.6 Å². The summed E-state index contributed by atoms with van der Waals surface area (Å²) in [6.07, 6.45) is 8.40. The lowest BCUT2D eigenvalue weighted by atomic mass is 9.88. The molecule has 0 spiro atoms. The summed E-state index contributed by atoms with van der Waals surface area (Å²) < 4.78 is 27.9. The maximum absolute atomic E-state index is 13.1. The maximum atomic E-state index is 13.1. The van der Waals surface area contributed by atoms with Crippen molar-refractivity contribution in [2.24, 2.45) is 0 Å². The van der Waals surface area contributed by atoms with E-state index in [4.69, 9.17) is 0 Å². The van der Waals surface area contributed by atoms with Crippen molar-refractivity contribution in [1.82, 2.24) is 34.8 Å². The molecular weight excluding hydrogens is 454 g/mol. The zero-order valence-corrected chi connectivity index (χ0v) is 19.3. The predicted octanol–water partition coefficient (Wildman–Crippen LogP) is 3.31. The SMILES string of the molecule is CN1CCC(NC(=O)c2cnn3ccc(-c4c[nH]c5nc(NC6CC(F)(F)C6)ncc45)cc23)CC1. The van der Waals surface area contributed by atoms with Crippen LogP contribution in [0.25, 0.3) is 27.7 Å². The van der Waals surface area contributed by atoms with Gasteiger partial charge in [0.15, 0.2) is 0 Å². The second kappa shape index (κ2) is 8.26. The molecule has 0 radical (unpaired) electrons. The number of carbonyl (C=O) groups excluding carboxylic acids is 1. The van der Waals surface area contributed by atoms with E-state index < -0.39 is 5.92 Å². The van der Waals surface area contributed by atoms with Gasteiger partial charge >= 0.3 is 0 Å². The summed E-state index contributed by atoms with van der Waals surface area (Å²) in [5.41, 5.74) is 3.63. The lowest BCUT2D eigenvalue weighted by Crippen LogP contribution is -2.44. The Morgan fingerprint density at radius 2 is 2.00 bits per heavy atom. The number of rotatable bonds is 5. The number of aromatic amines is 1. The monoisotopic (exact) mass is 480 g/mol. The number of nitrogens with one attached hydrogen (secondary N) is 3. The van der Waals surface area contributed by atoms with Gasteiger partial charge in [-0.1, -0.05) is 0 Å². The van der Waals surface area contributed by atoms with Crippen molar-refractivity contribution in [3.63, 3.8) is 0 Å². The zero-order chi connectivity index (χ0) is 24.2. The minimum absolute atomic E-state index is 0.119. The number of piperidine rings is 1. The molecule has 5 heterocycles. The number of H-pyrrole nitrogens is 1. The highest BCUT2D eigenvalue weighted by Crippen LogP contribution is 2.39.